The Kier molecular flexibility index (Phi) is 3.02. The highest BCUT2D eigenvalue weighted by Crippen LogP contribution is 2.33. The van der Waals surface area contributed by atoms with Crippen molar-refractivity contribution in [2.75, 3.05) is 0 Å². The number of phenols is 1. The number of hydrogen-bond donors (Lipinski definition) is 1. The highest BCUT2D eigenvalue weighted by molar-refractivity contribution is 7.21. The molecule has 3 aromatic rings. The van der Waals surface area contributed by atoms with Crippen molar-refractivity contribution < 1.29 is 5.11 Å². The number of phenolic OH excluding ortho intramolecular Hbond substituents is 1. The first-order valence-electron chi connectivity index (χ1n) is 6.64. The molecule has 0 aliphatic carbocycles. The fraction of sp³-hybridized carbons (Fsp3) is 0.235. The van der Waals surface area contributed by atoms with Gasteiger partial charge in [0.2, 0.25) is 0 Å². The molecule has 3 rings (SSSR count). The molecule has 1 heterocycles. The number of aromatic nitrogens is 1. The van der Waals surface area contributed by atoms with Gasteiger partial charge in [0.25, 0.3) is 0 Å². The van der Waals surface area contributed by atoms with Gasteiger partial charge in [-0.25, -0.2) is 4.98 Å². The van der Waals surface area contributed by atoms with Gasteiger partial charge in [0, 0.05) is 5.56 Å². The topological polar surface area (TPSA) is 33.1 Å². The predicted octanol–water partition coefficient (Wildman–Crippen LogP) is 4.97. The average molecular weight is 283 g/mol. The lowest BCUT2D eigenvalue weighted by molar-refractivity contribution is 0.475. The molecular weight excluding hydrogens is 266 g/mol. The third-order valence-electron chi connectivity index (χ3n) is 3.37. The minimum Gasteiger partial charge on any atom is -0.508 e. The maximum Gasteiger partial charge on any atom is 0.124 e. The first kappa shape index (κ1) is 13.1. The van der Waals surface area contributed by atoms with E-state index in [1.807, 2.05) is 12.1 Å². The third kappa shape index (κ3) is 2.41. The Morgan fingerprint density at radius 3 is 2.35 bits per heavy atom. The van der Waals surface area contributed by atoms with Crippen LogP contribution in [0.4, 0.5) is 0 Å². The fourth-order valence-corrected chi connectivity index (χ4v) is 3.13. The second kappa shape index (κ2) is 4.60. The number of aromatic hydroxyl groups is 1. The van der Waals surface area contributed by atoms with Crippen molar-refractivity contribution in [2.24, 2.45) is 0 Å². The van der Waals surface area contributed by atoms with Gasteiger partial charge < -0.3 is 5.11 Å². The SMILES string of the molecule is CC(C)(C)c1ccc2nc(-c3ccc(O)cc3)sc2c1. The lowest BCUT2D eigenvalue weighted by atomic mass is 9.87. The largest absolute Gasteiger partial charge is 0.508 e. The van der Waals surface area contributed by atoms with E-state index >= 15 is 0 Å². The molecule has 0 aliphatic rings. The lowest BCUT2D eigenvalue weighted by Gasteiger charge is -2.18. The molecule has 1 N–H and O–H groups in total. The van der Waals surface area contributed by atoms with Crippen molar-refractivity contribution in [1.82, 2.24) is 4.98 Å². The molecule has 0 saturated heterocycles. The van der Waals surface area contributed by atoms with Crippen LogP contribution in [0.1, 0.15) is 26.3 Å². The zero-order valence-corrected chi connectivity index (χ0v) is 12.7. The summed E-state index contributed by atoms with van der Waals surface area (Å²) in [4.78, 5) is 4.67. The van der Waals surface area contributed by atoms with Gasteiger partial charge in [-0.2, -0.15) is 0 Å². The van der Waals surface area contributed by atoms with E-state index in [1.54, 1.807) is 23.5 Å². The monoisotopic (exact) mass is 283 g/mol. The van der Waals surface area contributed by atoms with E-state index in [-0.39, 0.29) is 11.2 Å². The van der Waals surface area contributed by atoms with Crippen molar-refractivity contribution in [2.45, 2.75) is 26.2 Å². The van der Waals surface area contributed by atoms with E-state index in [4.69, 9.17) is 0 Å². The average Bonchev–Trinajstić information content (AvgIpc) is 2.81. The molecule has 0 radical (unpaired) electrons. The summed E-state index contributed by atoms with van der Waals surface area (Å²) in [6.45, 7) is 6.66. The minimum absolute atomic E-state index is 0.150. The maximum atomic E-state index is 9.35. The Morgan fingerprint density at radius 1 is 1.00 bits per heavy atom. The Morgan fingerprint density at radius 2 is 1.70 bits per heavy atom. The van der Waals surface area contributed by atoms with Gasteiger partial charge in [0.15, 0.2) is 0 Å². The summed E-state index contributed by atoms with van der Waals surface area (Å²) in [5.74, 6) is 0.282. The zero-order valence-electron chi connectivity index (χ0n) is 11.8. The molecule has 0 atom stereocenters. The van der Waals surface area contributed by atoms with E-state index in [2.05, 4.69) is 44.0 Å². The summed E-state index contributed by atoms with van der Waals surface area (Å²) >= 11 is 1.69. The van der Waals surface area contributed by atoms with Crippen LogP contribution in [0.15, 0.2) is 42.5 Å². The quantitative estimate of drug-likeness (QED) is 0.684. The molecule has 0 saturated carbocycles. The molecule has 0 aliphatic heterocycles. The molecule has 0 spiro atoms. The van der Waals surface area contributed by atoms with Gasteiger partial charge in [-0.3, -0.25) is 0 Å². The summed E-state index contributed by atoms with van der Waals surface area (Å²) in [5, 5.41) is 10.3. The van der Waals surface area contributed by atoms with Gasteiger partial charge in [0.1, 0.15) is 10.8 Å². The van der Waals surface area contributed by atoms with Crippen LogP contribution in [0.5, 0.6) is 5.75 Å². The van der Waals surface area contributed by atoms with Gasteiger partial charge in [-0.05, 0) is 47.4 Å². The third-order valence-corrected chi connectivity index (χ3v) is 4.44. The number of hydrogen-bond acceptors (Lipinski definition) is 3. The number of rotatable bonds is 1. The van der Waals surface area contributed by atoms with Crippen molar-refractivity contribution in [3.63, 3.8) is 0 Å². The second-order valence-corrected chi connectivity index (χ2v) is 7.03. The fourth-order valence-electron chi connectivity index (χ4n) is 2.12. The van der Waals surface area contributed by atoms with Gasteiger partial charge in [-0.1, -0.05) is 26.8 Å². The Hall–Kier alpha value is -1.87. The summed E-state index contributed by atoms with van der Waals surface area (Å²) in [5.41, 5.74) is 3.55. The van der Waals surface area contributed by atoms with E-state index in [0.717, 1.165) is 16.1 Å². The van der Waals surface area contributed by atoms with Crippen LogP contribution in [0.2, 0.25) is 0 Å². The highest BCUT2D eigenvalue weighted by atomic mass is 32.1. The second-order valence-electron chi connectivity index (χ2n) is 6.00. The van der Waals surface area contributed by atoms with Gasteiger partial charge in [-0.15, -0.1) is 11.3 Å². The number of fused-ring (bicyclic) bond motifs is 1. The van der Waals surface area contributed by atoms with Crippen LogP contribution in [-0.2, 0) is 5.41 Å². The molecule has 2 aromatic carbocycles. The van der Waals surface area contributed by atoms with E-state index in [1.165, 1.54) is 10.3 Å². The Bertz CT molecular complexity index is 751. The normalized spacial score (nSPS) is 11.9. The molecule has 102 valence electrons. The zero-order chi connectivity index (χ0) is 14.3. The van der Waals surface area contributed by atoms with Crippen LogP contribution in [-0.4, -0.2) is 10.1 Å². The highest BCUT2D eigenvalue weighted by Gasteiger charge is 2.15. The van der Waals surface area contributed by atoms with Crippen LogP contribution in [0.25, 0.3) is 20.8 Å². The van der Waals surface area contributed by atoms with E-state index in [0.29, 0.717) is 0 Å². The smallest absolute Gasteiger partial charge is 0.124 e. The number of benzene rings is 2. The van der Waals surface area contributed by atoms with Crippen molar-refractivity contribution in [3.05, 3.63) is 48.0 Å². The Balaban J connectivity index is 2.09. The number of thiazole rings is 1. The van der Waals surface area contributed by atoms with Crippen molar-refractivity contribution >= 4 is 21.6 Å². The number of nitrogens with zero attached hydrogens (tertiary/aromatic N) is 1. The molecule has 0 unspecified atom stereocenters. The predicted molar refractivity (Wildman–Crippen MR) is 85.4 cm³/mol. The standard InChI is InChI=1S/C17H17NOS/c1-17(2,3)12-6-9-14-15(10-12)20-16(18-14)11-4-7-13(19)8-5-11/h4-10,19H,1-3H3. The lowest BCUT2D eigenvalue weighted by Crippen LogP contribution is -2.10. The molecule has 2 nitrogen and oxygen atoms in total. The summed E-state index contributed by atoms with van der Waals surface area (Å²) < 4.78 is 1.21. The van der Waals surface area contributed by atoms with Crippen LogP contribution in [0.3, 0.4) is 0 Å². The molecule has 0 fully saturated rings. The van der Waals surface area contributed by atoms with Crippen molar-refractivity contribution in [3.8, 4) is 16.3 Å². The van der Waals surface area contributed by atoms with Crippen LogP contribution < -0.4 is 0 Å². The molecule has 0 amide bonds. The molecular formula is C17H17NOS. The van der Waals surface area contributed by atoms with E-state index in [9.17, 15) is 5.11 Å². The van der Waals surface area contributed by atoms with Crippen LogP contribution >= 0.6 is 11.3 Å². The summed E-state index contributed by atoms with van der Waals surface area (Å²) in [6, 6.07) is 13.7. The van der Waals surface area contributed by atoms with E-state index < -0.39 is 0 Å². The molecule has 1 aromatic heterocycles. The van der Waals surface area contributed by atoms with Crippen LogP contribution in [0, 0.1) is 0 Å². The first-order chi connectivity index (χ1) is 9.43. The maximum absolute atomic E-state index is 9.35. The first-order valence-corrected chi connectivity index (χ1v) is 7.45. The van der Waals surface area contributed by atoms with Crippen molar-refractivity contribution in [1.29, 1.82) is 0 Å². The Labute approximate surface area is 122 Å². The van der Waals surface area contributed by atoms with Gasteiger partial charge >= 0.3 is 0 Å². The molecule has 3 heteroatoms. The summed E-state index contributed by atoms with van der Waals surface area (Å²) in [7, 11) is 0. The molecule has 0 bridgehead atoms. The summed E-state index contributed by atoms with van der Waals surface area (Å²) in [6.07, 6.45) is 0. The van der Waals surface area contributed by atoms with Gasteiger partial charge in [0.05, 0.1) is 10.2 Å². The molecule has 20 heavy (non-hydrogen) atoms. The minimum atomic E-state index is 0.150.